The highest BCUT2D eigenvalue weighted by atomic mass is 35.5. The number of hydrogen-bond acceptors (Lipinski definition) is 1. The second-order valence-electron chi connectivity index (χ2n) is 3.61. The lowest BCUT2D eigenvalue weighted by Crippen LogP contribution is -2.14. The SMILES string of the molecule is CN(C)CCC(Cl)c1cccc(F)c1. The lowest BCUT2D eigenvalue weighted by Gasteiger charge is -2.13. The molecule has 0 amide bonds. The van der Waals surface area contributed by atoms with Crippen LogP contribution in [0, 0.1) is 5.82 Å². The molecule has 1 atom stereocenters. The van der Waals surface area contributed by atoms with Gasteiger partial charge in [-0.15, -0.1) is 11.6 Å². The fourth-order valence-corrected chi connectivity index (χ4v) is 1.47. The van der Waals surface area contributed by atoms with Gasteiger partial charge in [-0.2, -0.15) is 0 Å². The van der Waals surface area contributed by atoms with Crippen LogP contribution in [-0.4, -0.2) is 25.5 Å². The summed E-state index contributed by atoms with van der Waals surface area (Å²) in [6.45, 7) is 0.907. The van der Waals surface area contributed by atoms with E-state index >= 15 is 0 Å². The summed E-state index contributed by atoms with van der Waals surface area (Å²) >= 11 is 6.13. The van der Waals surface area contributed by atoms with E-state index < -0.39 is 0 Å². The Balaban J connectivity index is 2.56. The Morgan fingerprint density at radius 3 is 2.71 bits per heavy atom. The zero-order valence-electron chi connectivity index (χ0n) is 8.50. The van der Waals surface area contributed by atoms with E-state index in [1.807, 2.05) is 20.2 Å². The van der Waals surface area contributed by atoms with Gasteiger partial charge in [0, 0.05) is 0 Å². The van der Waals surface area contributed by atoms with Crippen LogP contribution in [0.5, 0.6) is 0 Å². The van der Waals surface area contributed by atoms with Gasteiger partial charge in [-0.05, 0) is 44.8 Å². The van der Waals surface area contributed by atoms with Crippen LogP contribution < -0.4 is 0 Å². The molecule has 0 fully saturated rings. The molecule has 1 rings (SSSR count). The zero-order valence-corrected chi connectivity index (χ0v) is 9.26. The molecule has 1 nitrogen and oxygen atoms in total. The van der Waals surface area contributed by atoms with E-state index in [2.05, 4.69) is 4.90 Å². The van der Waals surface area contributed by atoms with E-state index in [-0.39, 0.29) is 11.2 Å². The molecule has 0 N–H and O–H groups in total. The van der Waals surface area contributed by atoms with Crippen LogP contribution in [0.15, 0.2) is 24.3 Å². The van der Waals surface area contributed by atoms with Gasteiger partial charge in [-0.1, -0.05) is 12.1 Å². The smallest absolute Gasteiger partial charge is 0.123 e. The van der Waals surface area contributed by atoms with Gasteiger partial charge in [0.1, 0.15) is 5.82 Å². The minimum absolute atomic E-state index is 0.104. The third-order valence-electron chi connectivity index (χ3n) is 2.04. The molecule has 78 valence electrons. The second kappa shape index (κ2) is 5.32. The molecule has 0 spiro atoms. The number of rotatable bonds is 4. The summed E-state index contributed by atoms with van der Waals surface area (Å²) in [5, 5.41) is -0.104. The first-order valence-corrected chi connectivity index (χ1v) is 5.07. The van der Waals surface area contributed by atoms with Crippen molar-refractivity contribution in [1.29, 1.82) is 0 Å². The number of nitrogens with zero attached hydrogens (tertiary/aromatic N) is 1. The molecule has 0 radical (unpaired) electrons. The van der Waals surface area contributed by atoms with E-state index in [1.165, 1.54) is 12.1 Å². The lowest BCUT2D eigenvalue weighted by atomic mass is 10.1. The van der Waals surface area contributed by atoms with Crippen molar-refractivity contribution in [2.75, 3.05) is 20.6 Å². The van der Waals surface area contributed by atoms with Gasteiger partial charge in [0.25, 0.3) is 0 Å². The van der Waals surface area contributed by atoms with E-state index in [1.54, 1.807) is 6.07 Å². The van der Waals surface area contributed by atoms with Crippen LogP contribution >= 0.6 is 11.6 Å². The Bertz CT molecular complexity index is 288. The maximum Gasteiger partial charge on any atom is 0.123 e. The molecule has 1 unspecified atom stereocenters. The lowest BCUT2D eigenvalue weighted by molar-refractivity contribution is 0.397. The zero-order chi connectivity index (χ0) is 10.6. The monoisotopic (exact) mass is 215 g/mol. The molecule has 0 aromatic heterocycles. The first-order valence-electron chi connectivity index (χ1n) is 4.64. The number of benzene rings is 1. The van der Waals surface area contributed by atoms with E-state index in [9.17, 15) is 4.39 Å². The highest BCUT2D eigenvalue weighted by molar-refractivity contribution is 6.20. The van der Waals surface area contributed by atoms with Crippen LogP contribution in [0.3, 0.4) is 0 Å². The van der Waals surface area contributed by atoms with Crippen LogP contribution in [-0.2, 0) is 0 Å². The van der Waals surface area contributed by atoms with Crippen molar-refractivity contribution in [3.8, 4) is 0 Å². The minimum Gasteiger partial charge on any atom is -0.309 e. The van der Waals surface area contributed by atoms with E-state index in [4.69, 9.17) is 11.6 Å². The van der Waals surface area contributed by atoms with Gasteiger partial charge >= 0.3 is 0 Å². The van der Waals surface area contributed by atoms with Gasteiger partial charge in [-0.3, -0.25) is 0 Å². The van der Waals surface area contributed by atoms with Crippen LogP contribution in [0.1, 0.15) is 17.4 Å². The average molecular weight is 216 g/mol. The maximum absolute atomic E-state index is 12.9. The summed E-state index contributed by atoms with van der Waals surface area (Å²) in [5.74, 6) is -0.224. The van der Waals surface area contributed by atoms with Crippen molar-refractivity contribution in [2.24, 2.45) is 0 Å². The fourth-order valence-electron chi connectivity index (χ4n) is 1.24. The summed E-state index contributed by atoms with van der Waals surface area (Å²) in [4.78, 5) is 2.06. The van der Waals surface area contributed by atoms with Crippen LogP contribution in [0.2, 0.25) is 0 Å². The molecule has 0 saturated heterocycles. The highest BCUT2D eigenvalue weighted by Gasteiger charge is 2.08. The molecule has 1 aromatic carbocycles. The van der Waals surface area contributed by atoms with Crippen molar-refractivity contribution in [3.63, 3.8) is 0 Å². The molecule has 14 heavy (non-hydrogen) atoms. The topological polar surface area (TPSA) is 3.24 Å². The summed E-state index contributed by atoms with van der Waals surface area (Å²) in [6, 6.07) is 6.47. The highest BCUT2D eigenvalue weighted by Crippen LogP contribution is 2.24. The van der Waals surface area contributed by atoms with Crippen molar-refractivity contribution < 1.29 is 4.39 Å². The summed E-state index contributed by atoms with van der Waals surface area (Å²) in [6.07, 6.45) is 0.831. The predicted octanol–water partition coefficient (Wildman–Crippen LogP) is 3.06. The van der Waals surface area contributed by atoms with Crippen molar-refractivity contribution >= 4 is 11.6 Å². The van der Waals surface area contributed by atoms with E-state index in [0.717, 1.165) is 18.5 Å². The molecule has 0 aliphatic rings. The average Bonchev–Trinajstić information content (AvgIpc) is 2.14. The second-order valence-corrected chi connectivity index (χ2v) is 4.14. The molecule has 0 saturated carbocycles. The van der Waals surface area contributed by atoms with Gasteiger partial charge in [0.15, 0.2) is 0 Å². The third-order valence-corrected chi connectivity index (χ3v) is 2.51. The molecular formula is C11H15ClFN. The van der Waals surface area contributed by atoms with Gasteiger partial charge in [-0.25, -0.2) is 4.39 Å². The first kappa shape index (κ1) is 11.5. The predicted molar refractivity (Wildman–Crippen MR) is 58.2 cm³/mol. The summed E-state index contributed by atoms with van der Waals surface area (Å²) < 4.78 is 12.9. The maximum atomic E-state index is 12.9. The van der Waals surface area contributed by atoms with Crippen molar-refractivity contribution in [2.45, 2.75) is 11.8 Å². The number of halogens is 2. The molecular weight excluding hydrogens is 201 g/mol. The Morgan fingerprint density at radius 2 is 2.14 bits per heavy atom. The number of alkyl halides is 1. The molecule has 1 aromatic rings. The normalized spacial score (nSPS) is 13.2. The summed E-state index contributed by atoms with van der Waals surface area (Å²) in [7, 11) is 3.99. The molecule has 0 aliphatic heterocycles. The first-order chi connectivity index (χ1) is 6.59. The van der Waals surface area contributed by atoms with Crippen LogP contribution in [0.4, 0.5) is 4.39 Å². The minimum atomic E-state index is -0.224. The third kappa shape index (κ3) is 3.64. The van der Waals surface area contributed by atoms with Crippen molar-refractivity contribution in [1.82, 2.24) is 4.90 Å². The quantitative estimate of drug-likeness (QED) is 0.698. The summed E-state index contributed by atoms with van der Waals surface area (Å²) in [5.41, 5.74) is 0.855. The van der Waals surface area contributed by atoms with Crippen molar-refractivity contribution in [3.05, 3.63) is 35.6 Å². The largest absolute Gasteiger partial charge is 0.309 e. The van der Waals surface area contributed by atoms with E-state index in [0.29, 0.717) is 0 Å². The molecule has 0 heterocycles. The molecule has 3 heteroatoms. The Hall–Kier alpha value is -0.600. The Morgan fingerprint density at radius 1 is 1.43 bits per heavy atom. The Kier molecular flexibility index (Phi) is 4.36. The molecule has 0 bridgehead atoms. The van der Waals surface area contributed by atoms with Crippen LogP contribution in [0.25, 0.3) is 0 Å². The van der Waals surface area contributed by atoms with Gasteiger partial charge in [0.05, 0.1) is 5.38 Å². The molecule has 0 aliphatic carbocycles. The number of hydrogen-bond donors (Lipinski definition) is 0. The van der Waals surface area contributed by atoms with Gasteiger partial charge < -0.3 is 4.90 Å². The van der Waals surface area contributed by atoms with Gasteiger partial charge in [0.2, 0.25) is 0 Å². The fraction of sp³-hybridized carbons (Fsp3) is 0.455. The standard InChI is InChI=1S/C11H15ClFN/c1-14(2)7-6-11(12)9-4-3-5-10(13)8-9/h3-5,8,11H,6-7H2,1-2H3. The Labute approximate surface area is 89.5 Å².